The Morgan fingerprint density at radius 2 is 2.13 bits per heavy atom. The fourth-order valence-corrected chi connectivity index (χ4v) is 2.07. The summed E-state index contributed by atoms with van der Waals surface area (Å²) >= 11 is 1.86. The molecule has 5 nitrogen and oxygen atoms in total. The maximum Gasteiger partial charge on any atom is 0.280 e. The van der Waals surface area contributed by atoms with Gasteiger partial charge in [-0.1, -0.05) is 0 Å². The molecule has 0 aliphatic heterocycles. The number of carbonyl (C=O) groups excluding carboxylic acids is 2. The maximum atomic E-state index is 11.2. The molecule has 0 unspecified atom stereocenters. The van der Waals surface area contributed by atoms with Gasteiger partial charge in [0.25, 0.3) is 5.69 Å². The van der Waals surface area contributed by atoms with E-state index < -0.39 is 4.92 Å². The van der Waals surface area contributed by atoms with Gasteiger partial charge >= 0.3 is 0 Å². The first-order valence-electron chi connectivity index (χ1n) is 3.92. The van der Waals surface area contributed by atoms with Crippen LogP contribution in [-0.4, -0.2) is 17.0 Å². The van der Waals surface area contributed by atoms with Crippen LogP contribution in [0.4, 0.5) is 5.69 Å². The van der Waals surface area contributed by atoms with E-state index in [0.717, 1.165) is 0 Å². The Kier molecular flexibility index (Phi) is 3.51. The Bertz CT molecular complexity index is 456. The number of nitro groups is 1. The van der Waals surface area contributed by atoms with Crippen molar-refractivity contribution < 1.29 is 14.5 Å². The van der Waals surface area contributed by atoms with Gasteiger partial charge in [-0.15, -0.1) is 0 Å². The smallest absolute Gasteiger partial charge is 0.280 e. The summed E-state index contributed by atoms with van der Waals surface area (Å²) in [5, 5.41) is 10.6. The summed E-state index contributed by atoms with van der Waals surface area (Å²) in [7, 11) is 0. The molecule has 0 heterocycles. The molecule has 0 aliphatic rings. The summed E-state index contributed by atoms with van der Waals surface area (Å²) < 4.78 is 0.535. The molecule has 0 atom stereocenters. The molecular weight excluding hydrogens is 313 g/mol. The molecule has 0 amide bonds. The standard InChI is InChI=1S/C9H6INO4/c1-5(13)9-6(4-12)8(11(14)15)3-2-7(9)10/h2-4H,1H3. The molecule has 0 aliphatic carbocycles. The highest BCUT2D eigenvalue weighted by Crippen LogP contribution is 2.25. The van der Waals surface area contributed by atoms with Crippen molar-refractivity contribution in [3.05, 3.63) is 36.9 Å². The van der Waals surface area contributed by atoms with Crippen LogP contribution in [0, 0.1) is 13.7 Å². The van der Waals surface area contributed by atoms with Crippen LogP contribution in [0.2, 0.25) is 0 Å². The quantitative estimate of drug-likeness (QED) is 0.281. The summed E-state index contributed by atoms with van der Waals surface area (Å²) in [6, 6.07) is 2.67. The number of rotatable bonds is 3. The average Bonchev–Trinajstić information content (AvgIpc) is 2.15. The van der Waals surface area contributed by atoms with E-state index in [0.29, 0.717) is 9.86 Å². The van der Waals surface area contributed by atoms with Crippen LogP contribution in [0.1, 0.15) is 27.6 Å². The SMILES string of the molecule is CC(=O)c1c(I)ccc([N+](=O)[O-])c1C=O. The zero-order valence-corrected chi connectivity index (χ0v) is 9.85. The summed E-state index contributed by atoms with van der Waals surface area (Å²) in [6.07, 6.45) is 0.344. The number of nitrogens with zero attached hydrogens (tertiary/aromatic N) is 1. The van der Waals surface area contributed by atoms with Crippen LogP contribution in [-0.2, 0) is 0 Å². The van der Waals surface area contributed by atoms with E-state index >= 15 is 0 Å². The minimum absolute atomic E-state index is 0.111. The van der Waals surface area contributed by atoms with Gasteiger partial charge in [-0.05, 0) is 35.6 Å². The number of carbonyl (C=O) groups is 2. The van der Waals surface area contributed by atoms with E-state index in [9.17, 15) is 19.7 Å². The number of halogens is 1. The number of hydrogen-bond donors (Lipinski definition) is 0. The van der Waals surface area contributed by atoms with E-state index in [1.54, 1.807) is 0 Å². The average molecular weight is 319 g/mol. The lowest BCUT2D eigenvalue weighted by Gasteiger charge is -2.04. The Balaban J connectivity index is 3.61. The van der Waals surface area contributed by atoms with Gasteiger partial charge in [0.05, 0.1) is 4.92 Å². The lowest BCUT2D eigenvalue weighted by Crippen LogP contribution is -2.05. The topological polar surface area (TPSA) is 77.3 Å². The molecule has 78 valence electrons. The molecule has 0 spiro atoms. The van der Waals surface area contributed by atoms with Gasteiger partial charge in [-0.3, -0.25) is 19.7 Å². The molecule has 1 aromatic rings. The predicted molar refractivity (Wildman–Crippen MR) is 61.2 cm³/mol. The predicted octanol–water partition coefficient (Wildman–Crippen LogP) is 2.21. The van der Waals surface area contributed by atoms with E-state index in [1.807, 2.05) is 22.6 Å². The minimum atomic E-state index is -0.674. The zero-order chi connectivity index (χ0) is 11.6. The number of nitro benzene ring substituents is 1. The van der Waals surface area contributed by atoms with Crippen LogP contribution in [0.3, 0.4) is 0 Å². The summed E-state index contributed by atoms with van der Waals surface area (Å²) in [4.78, 5) is 31.9. The van der Waals surface area contributed by atoms with Crippen molar-refractivity contribution >= 4 is 40.3 Å². The second-order valence-electron chi connectivity index (χ2n) is 2.79. The van der Waals surface area contributed by atoms with E-state index in [2.05, 4.69) is 0 Å². The minimum Gasteiger partial charge on any atom is -0.298 e. The first kappa shape index (κ1) is 11.8. The van der Waals surface area contributed by atoms with E-state index in [1.165, 1.54) is 19.1 Å². The maximum absolute atomic E-state index is 11.2. The highest BCUT2D eigenvalue weighted by atomic mass is 127. The summed E-state index contributed by atoms with van der Waals surface area (Å²) in [6.45, 7) is 1.27. The molecule has 0 saturated heterocycles. The van der Waals surface area contributed by atoms with Crippen molar-refractivity contribution in [3.8, 4) is 0 Å². The number of aldehydes is 1. The third-order valence-electron chi connectivity index (χ3n) is 1.84. The van der Waals surface area contributed by atoms with Crippen molar-refractivity contribution in [2.75, 3.05) is 0 Å². The van der Waals surface area contributed by atoms with Gasteiger partial charge in [0, 0.05) is 15.2 Å². The lowest BCUT2D eigenvalue weighted by atomic mass is 10.0. The van der Waals surface area contributed by atoms with Crippen molar-refractivity contribution in [2.24, 2.45) is 0 Å². The van der Waals surface area contributed by atoms with Crippen LogP contribution in [0.5, 0.6) is 0 Å². The molecule has 15 heavy (non-hydrogen) atoms. The Hall–Kier alpha value is -1.31. The van der Waals surface area contributed by atoms with Gasteiger partial charge in [-0.2, -0.15) is 0 Å². The number of Topliss-reactive ketones (excluding diaryl/α,β-unsaturated/α-hetero) is 1. The fraction of sp³-hybridized carbons (Fsp3) is 0.111. The monoisotopic (exact) mass is 319 g/mol. The molecule has 6 heteroatoms. The molecule has 0 radical (unpaired) electrons. The first-order valence-corrected chi connectivity index (χ1v) is 5.00. The second kappa shape index (κ2) is 4.47. The molecule has 1 rings (SSSR count). The Morgan fingerprint density at radius 1 is 1.53 bits per heavy atom. The van der Waals surface area contributed by atoms with Gasteiger partial charge in [0.15, 0.2) is 12.1 Å². The van der Waals surface area contributed by atoms with E-state index in [4.69, 9.17) is 0 Å². The third-order valence-corrected chi connectivity index (χ3v) is 2.74. The van der Waals surface area contributed by atoms with Crippen LogP contribution < -0.4 is 0 Å². The lowest BCUT2D eigenvalue weighted by molar-refractivity contribution is -0.385. The van der Waals surface area contributed by atoms with Crippen molar-refractivity contribution in [1.29, 1.82) is 0 Å². The third kappa shape index (κ3) is 2.20. The van der Waals surface area contributed by atoms with Gasteiger partial charge in [0.2, 0.25) is 0 Å². The van der Waals surface area contributed by atoms with Crippen LogP contribution >= 0.6 is 22.6 Å². The summed E-state index contributed by atoms with van der Waals surface area (Å²) in [5.74, 6) is -0.356. The van der Waals surface area contributed by atoms with Gasteiger partial charge in [-0.25, -0.2) is 0 Å². The number of ketones is 1. The normalized spacial score (nSPS) is 9.73. The molecule has 0 aromatic heterocycles. The molecule has 0 saturated carbocycles. The largest absolute Gasteiger partial charge is 0.298 e. The molecule has 0 N–H and O–H groups in total. The number of benzene rings is 1. The van der Waals surface area contributed by atoms with Gasteiger partial charge in [0.1, 0.15) is 5.56 Å². The second-order valence-corrected chi connectivity index (χ2v) is 3.95. The molecular formula is C9H6INO4. The summed E-state index contributed by atoms with van der Waals surface area (Å²) in [5.41, 5.74) is -0.380. The Morgan fingerprint density at radius 3 is 2.53 bits per heavy atom. The van der Waals surface area contributed by atoms with Crippen LogP contribution in [0.25, 0.3) is 0 Å². The highest BCUT2D eigenvalue weighted by Gasteiger charge is 2.21. The highest BCUT2D eigenvalue weighted by molar-refractivity contribution is 14.1. The molecule has 0 fully saturated rings. The van der Waals surface area contributed by atoms with E-state index in [-0.39, 0.29) is 22.6 Å². The fourth-order valence-electron chi connectivity index (χ4n) is 1.22. The van der Waals surface area contributed by atoms with Crippen LogP contribution in [0.15, 0.2) is 12.1 Å². The zero-order valence-electron chi connectivity index (χ0n) is 7.69. The molecule has 1 aromatic carbocycles. The molecule has 0 bridgehead atoms. The number of hydrogen-bond acceptors (Lipinski definition) is 4. The van der Waals surface area contributed by atoms with Crippen molar-refractivity contribution in [1.82, 2.24) is 0 Å². The Labute approximate surface area is 98.8 Å². The van der Waals surface area contributed by atoms with Gasteiger partial charge < -0.3 is 0 Å². The van der Waals surface area contributed by atoms with Crippen molar-refractivity contribution in [3.63, 3.8) is 0 Å². The first-order chi connectivity index (χ1) is 6.99. The van der Waals surface area contributed by atoms with Crippen molar-refractivity contribution in [2.45, 2.75) is 6.92 Å².